The van der Waals surface area contributed by atoms with E-state index < -0.39 is 49.1 Å². The number of carboxylic acid groups (broad SMARTS) is 2. The molecule has 6 aromatic rings. The van der Waals surface area contributed by atoms with Crippen molar-refractivity contribution < 1.29 is 59.3 Å². The molecule has 0 radical (unpaired) electrons. The van der Waals surface area contributed by atoms with Gasteiger partial charge in [-0.25, -0.2) is 30.0 Å². The third-order valence-corrected chi connectivity index (χ3v) is 12.1. The molecular formula is C42H37F3O10S2. The first kappa shape index (κ1) is 42.2. The molecule has 0 aromatic heterocycles. The first-order chi connectivity index (χ1) is 26.7. The number of hydrogen-bond donors (Lipinski definition) is 2. The normalized spacial score (nSPS) is 11.6. The maximum Gasteiger partial charge on any atom is 0.307 e. The van der Waals surface area contributed by atoms with E-state index in [1.54, 1.807) is 58.0 Å². The number of carbonyl (C=O) groups is 2. The van der Waals surface area contributed by atoms with Crippen LogP contribution in [0.3, 0.4) is 0 Å². The first-order valence-corrected chi connectivity index (χ1v) is 20.8. The van der Waals surface area contributed by atoms with Gasteiger partial charge in [0.2, 0.25) is 0 Å². The number of rotatable bonds is 11. The molecular weight excluding hydrogens is 786 g/mol. The fourth-order valence-electron chi connectivity index (χ4n) is 6.16. The van der Waals surface area contributed by atoms with Gasteiger partial charge >= 0.3 is 11.9 Å². The van der Waals surface area contributed by atoms with E-state index in [1.807, 2.05) is 0 Å². The van der Waals surface area contributed by atoms with Gasteiger partial charge in [-0.1, -0.05) is 31.2 Å². The van der Waals surface area contributed by atoms with Crippen molar-refractivity contribution in [2.24, 2.45) is 0 Å². The van der Waals surface area contributed by atoms with Gasteiger partial charge in [-0.05, 0) is 120 Å². The van der Waals surface area contributed by atoms with Gasteiger partial charge in [0, 0.05) is 17.0 Å². The van der Waals surface area contributed by atoms with Gasteiger partial charge in [0.1, 0.15) is 28.9 Å². The van der Waals surface area contributed by atoms with E-state index in [-0.39, 0.29) is 39.9 Å². The third kappa shape index (κ3) is 9.73. The number of ether oxygens (including phenoxy) is 2. The molecule has 0 saturated carbocycles. The summed E-state index contributed by atoms with van der Waals surface area (Å²) in [4.78, 5) is 22.4. The van der Waals surface area contributed by atoms with Crippen molar-refractivity contribution in [1.82, 2.24) is 0 Å². The maximum atomic E-state index is 14.4. The Hall–Kier alpha value is -5.93. The minimum Gasteiger partial charge on any atom is -0.481 e. The lowest BCUT2D eigenvalue weighted by Gasteiger charge is -2.16. The van der Waals surface area contributed by atoms with Crippen LogP contribution in [0.25, 0.3) is 21.5 Å². The number of carboxylic acids is 2. The average Bonchev–Trinajstić information content (AvgIpc) is 3.12. The number of fused-ring (bicyclic) bond motifs is 2. The summed E-state index contributed by atoms with van der Waals surface area (Å²) < 4.78 is 101. The van der Waals surface area contributed by atoms with Crippen LogP contribution in [0.5, 0.6) is 23.0 Å². The predicted molar refractivity (Wildman–Crippen MR) is 209 cm³/mol. The minimum atomic E-state index is -3.59. The van der Waals surface area contributed by atoms with Crippen LogP contribution in [0.4, 0.5) is 13.2 Å². The number of aryl methyl sites for hydroxylation is 1. The smallest absolute Gasteiger partial charge is 0.307 e. The van der Waals surface area contributed by atoms with Gasteiger partial charge in [-0.3, -0.25) is 9.59 Å². The molecule has 57 heavy (non-hydrogen) atoms. The third-order valence-electron chi connectivity index (χ3n) is 9.13. The van der Waals surface area contributed by atoms with E-state index in [0.717, 1.165) is 12.3 Å². The summed E-state index contributed by atoms with van der Waals surface area (Å²) in [7, 11) is -6.95. The van der Waals surface area contributed by atoms with Crippen LogP contribution >= 0.6 is 0 Å². The highest BCUT2D eigenvalue weighted by molar-refractivity contribution is 7.91. The van der Waals surface area contributed by atoms with Crippen LogP contribution in [0, 0.1) is 38.2 Å². The molecule has 0 aliphatic rings. The van der Waals surface area contributed by atoms with E-state index in [1.165, 1.54) is 48.5 Å². The largest absolute Gasteiger partial charge is 0.481 e. The van der Waals surface area contributed by atoms with Crippen LogP contribution in [0.2, 0.25) is 0 Å². The molecule has 0 bridgehead atoms. The van der Waals surface area contributed by atoms with Crippen LogP contribution in [0.1, 0.15) is 34.7 Å². The van der Waals surface area contributed by atoms with Crippen LogP contribution in [-0.2, 0) is 42.1 Å². The number of sulfone groups is 2. The Morgan fingerprint density at radius 3 is 1.60 bits per heavy atom. The zero-order chi connectivity index (χ0) is 42.0. The summed E-state index contributed by atoms with van der Waals surface area (Å²) in [5, 5.41) is 20.4. The Bertz CT molecular complexity index is 2800. The molecule has 6 rings (SSSR count). The molecule has 0 aliphatic heterocycles. The van der Waals surface area contributed by atoms with Crippen LogP contribution in [0.15, 0.2) is 94.7 Å². The van der Waals surface area contributed by atoms with E-state index >= 15 is 0 Å². The first-order valence-electron chi connectivity index (χ1n) is 17.2. The SMILES string of the molecule is CCS(=O)(=O)c1ccc(Oc2c(C)c(CC(=O)O)cc3ccc(F)cc23)cc1C.Cc1c(CC(=O)O)cc2ccc(F)cc2c1Oc1ccc(S(C)(=O)=O)cc1F. The van der Waals surface area contributed by atoms with Crippen molar-refractivity contribution in [2.75, 3.05) is 12.0 Å². The van der Waals surface area contributed by atoms with Gasteiger partial charge in [-0.15, -0.1) is 0 Å². The van der Waals surface area contributed by atoms with Gasteiger partial charge < -0.3 is 19.7 Å². The van der Waals surface area contributed by atoms with E-state index in [2.05, 4.69) is 0 Å². The second kappa shape index (κ2) is 16.7. The molecule has 0 saturated heterocycles. The Morgan fingerprint density at radius 2 is 1.16 bits per heavy atom. The molecule has 2 N–H and O–H groups in total. The Morgan fingerprint density at radius 1 is 0.649 bits per heavy atom. The fourth-order valence-corrected chi connectivity index (χ4v) is 7.93. The fraction of sp³-hybridized carbons (Fsp3) is 0.190. The van der Waals surface area contributed by atoms with Crippen molar-refractivity contribution in [3.05, 3.63) is 130 Å². The Balaban J connectivity index is 0.000000218. The quantitative estimate of drug-likeness (QED) is 0.129. The van der Waals surface area contributed by atoms with E-state index in [4.69, 9.17) is 14.6 Å². The molecule has 15 heteroatoms. The number of aliphatic carboxylic acids is 2. The Kier molecular flexibility index (Phi) is 12.3. The highest BCUT2D eigenvalue weighted by Gasteiger charge is 2.20. The summed E-state index contributed by atoms with van der Waals surface area (Å²) in [6.45, 7) is 6.58. The molecule has 0 fully saturated rings. The summed E-state index contributed by atoms with van der Waals surface area (Å²) in [6, 6.07) is 19.3. The molecule has 0 aliphatic carbocycles. The Labute approximate surface area is 327 Å². The molecule has 0 amide bonds. The minimum absolute atomic E-state index is 0.00565. The van der Waals surface area contributed by atoms with E-state index in [9.17, 15) is 44.7 Å². The average molecular weight is 823 g/mol. The number of benzene rings is 6. The second-order valence-electron chi connectivity index (χ2n) is 13.3. The zero-order valence-corrected chi connectivity index (χ0v) is 32.9. The van der Waals surface area contributed by atoms with Crippen molar-refractivity contribution in [1.29, 1.82) is 0 Å². The monoisotopic (exact) mass is 822 g/mol. The molecule has 298 valence electrons. The van der Waals surface area contributed by atoms with Crippen LogP contribution in [-0.4, -0.2) is 51.0 Å². The molecule has 0 atom stereocenters. The van der Waals surface area contributed by atoms with Crippen molar-refractivity contribution in [3.63, 3.8) is 0 Å². The summed E-state index contributed by atoms with van der Waals surface area (Å²) in [6.07, 6.45) is 0.478. The highest BCUT2D eigenvalue weighted by atomic mass is 32.2. The predicted octanol–water partition coefficient (Wildman–Crippen LogP) is 9.06. The molecule has 0 spiro atoms. The van der Waals surface area contributed by atoms with Crippen molar-refractivity contribution in [2.45, 2.75) is 50.3 Å². The van der Waals surface area contributed by atoms with E-state index in [0.29, 0.717) is 60.9 Å². The van der Waals surface area contributed by atoms with Gasteiger partial charge in [0.05, 0.1) is 28.4 Å². The zero-order valence-electron chi connectivity index (χ0n) is 31.3. The van der Waals surface area contributed by atoms with Gasteiger partial charge in [-0.2, -0.15) is 0 Å². The summed E-state index contributed by atoms with van der Waals surface area (Å²) >= 11 is 0. The molecule has 10 nitrogen and oxygen atoms in total. The van der Waals surface area contributed by atoms with Crippen LogP contribution < -0.4 is 9.47 Å². The van der Waals surface area contributed by atoms with Crippen molar-refractivity contribution >= 4 is 53.2 Å². The highest BCUT2D eigenvalue weighted by Crippen LogP contribution is 2.39. The standard InChI is InChI=1S/C22H21FO5S.C20H16F2O5S/c1-4-29(26,27)20-8-7-18(9-13(20)2)28-22-14(3)16(11-21(24)25)10-15-5-6-17(23)12-19(15)22;1-11-13(8-19(23)24)7-12-3-4-14(21)9-16(12)20(11)27-18-6-5-15(10-17(18)22)28(2,25)26/h5-10,12H,4,11H2,1-3H3,(H,24,25);3-7,9-10H,8H2,1-2H3,(H,23,24). The molecule has 0 heterocycles. The number of halogens is 3. The number of hydrogen-bond acceptors (Lipinski definition) is 8. The van der Waals surface area contributed by atoms with Gasteiger partial charge in [0.15, 0.2) is 31.2 Å². The second-order valence-corrected chi connectivity index (χ2v) is 17.5. The molecule has 0 unspecified atom stereocenters. The lowest BCUT2D eigenvalue weighted by molar-refractivity contribution is -0.137. The summed E-state index contributed by atoms with van der Waals surface area (Å²) in [5.74, 6) is -3.33. The van der Waals surface area contributed by atoms with Crippen molar-refractivity contribution in [3.8, 4) is 23.0 Å². The lowest BCUT2D eigenvalue weighted by Crippen LogP contribution is -2.06. The summed E-state index contributed by atoms with van der Waals surface area (Å²) in [5.41, 5.74) is 2.56. The topological polar surface area (TPSA) is 161 Å². The lowest BCUT2D eigenvalue weighted by atomic mass is 9.98. The van der Waals surface area contributed by atoms with Gasteiger partial charge in [0.25, 0.3) is 0 Å². The maximum absolute atomic E-state index is 14.4. The molecule has 6 aromatic carbocycles.